The van der Waals surface area contributed by atoms with Crippen LogP contribution in [0.25, 0.3) is 22.2 Å². The number of hydrogen-bond acceptors (Lipinski definition) is 3. The van der Waals surface area contributed by atoms with E-state index < -0.39 is 0 Å². The summed E-state index contributed by atoms with van der Waals surface area (Å²) in [5, 5.41) is 1.62. The van der Waals surface area contributed by atoms with Gasteiger partial charge in [0, 0.05) is 29.5 Å². The minimum Gasteiger partial charge on any atom is -0.358 e. The molecule has 17 heavy (non-hydrogen) atoms. The molecule has 0 aromatic carbocycles. The van der Waals surface area contributed by atoms with Crippen molar-refractivity contribution in [2.45, 2.75) is 0 Å². The molecule has 3 heterocycles. The maximum absolute atomic E-state index is 5.99. The quantitative estimate of drug-likeness (QED) is 0.542. The van der Waals surface area contributed by atoms with Gasteiger partial charge in [0.2, 0.25) is 5.28 Å². The van der Waals surface area contributed by atoms with Gasteiger partial charge >= 0.3 is 0 Å². The Bertz CT molecular complexity index is 693. The number of nitrogens with zero attached hydrogens (tertiary/aromatic N) is 3. The van der Waals surface area contributed by atoms with Gasteiger partial charge in [0.1, 0.15) is 0 Å². The minimum absolute atomic E-state index is 0.219. The molecule has 0 radical (unpaired) electrons. The topological polar surface area (TPSA) is 54.5 Å². The van der Waals surface area contributed by atoms with Crippen LogP contribution >= 0.6 is 23.2 Å². The molecule has 0 saturated carbocycles. The summed E-state index contributed by atoms with van der Waals surface area (Å²) in [5.74, 6) is 0. The van der Waals surface area contributed by atoms with Crippen LogP contribution in [-0.4, -0.2) is 19.9 Å². The monoisotopic (exact) mass is 264 g/mol. The van der Waals surface area contributed by atoms with Crippen molar-refractivity contribution in [2.24, 2.45) is 0 Å². The summed E-state index contributed by atoms with van der Waals surface area (Å²) in [5.41, 5.74) is 2.46. The third-order valence-corrected chi connectivity index (χ3v) is 2.93. The van der Waals surface area contributed by atoms with E-state index in [9.17, 15) is 0 Å². The summed E-state index contributed by atoms with van der Waals surface area (Å²) in [6, 6.07) is 3.67. The molecule has 84 valence electrons. The van der Waals surface area contributed by atoms with Gasteiger partial charge in [-0.3, -0.25) is 0 Å². The van der Waals surface area contributed by atoms with E-state index in [4.69, 9.17) is 23.2 Å². The molecule has 0 saturated heterocycles. The number of H-pyrrole nitrogens is 1. The zero-order valence-electron chi connectivity index (χ0n) is 8.48. The number of hydrogen-bond donors (Lipinski definition) is 1. The Labute approximate surface area is 107 Å². The molecule has 0 aliphatic rings. The lowest BCUT2D eigenvalue weighted by Gasteiger charge is -1.98. The minimum atomic E-state index is 0.219. The molecule has 6 heteroatoms. The molecule has 3 rings (SSSR count). The Hall–Kier alpha value is -1.65. The van der Waals surface area contributed by atoms with Gasteiger partial charge in [0.15, 0.2) is 5.15 Å². The number of aromatic nitrogens is 4. The molecule has 0 amide bonds. The molecule has 0 atom stereocenters. The first-order valence-corrected chi connectivity index (χ1v) is 5.62. The number of nitrogens with one attached hydrogen (secondary N) is 1. The fourth-order valence-electron chi connectivity index (χ4n) is 1.72. The predicted molar refractivity (Wildman–Crippen MR) is 67.1 cm³/mol. The van der Waals surface area contributed by atoms with Crippen LogP contribution in [0.5, 0.6) is 0 Å². The largest absolute Gasteiger partial charge is 0.358 e. The van der Waals surface area contributed by atoms with Gasteiger partial charge in [0.05, 0.1) is 11.2 Å². The normalized spacial score (nSPS) is 10.9. The van der Waals surface area contributed by atoms with E-state index in [-0.39, 0.29) is 5.28 Å². The number of aromatic amines is 1. The second-order valence-electron chi connectivity index (χ2n) is 3.44. The fraction of sp³-hybridized carbons (Fsp3) is 0. The van der Waals surface area contributed by atoms with E-state index in [1.165, 1.54) is 0 Å². The second kappa shape index (κ2) is 3.98. The van der Waals surface area contributed by atoms with Crippen LogP contribution in [0.2, 0.25) is 10.4 Å². The van der Waals surface area contributed by atoms with Gasteiger partial charge in [0.25, 0.3) is 0 Å². The van der Waals surface area contributed by atoms with E-state index in [1.54, 1.807) is 18.5 Å². The molecule has 0 unspecified atom stereocenters. The molecule has 0 aliphatic carbocycles. The lowest BCUT2D eigenvalue weighted by atomic mass is 10.1. The second-order valence-corrected chi connectivity index (χ2v) is 4.13. The summed E-state index contributed by atoms with van der Waals surface area (Å²) in [7, 11) is 0. The van der Waals surface area contributed by atoms with Crippen LogP contribution in [0.3, 0.4) is 0 Å². The molecule has 4 nitrogen and oxygen atoms in total. The number of pyridine rings is 1. The van der Waals surface area contributed by atoms with Crippen molar-refractivity contribution < 1.29 is 0 Å². The summed E-state index contributed by atoms with van der Waals surface area (Å²) in [6.07, 6.45) is 5.11. The maximum Gasteiger partial charge on any atom is 0.222 e. The van der Waals surface area contributed by atoms with E-state index in [1.807, 2.05) is 12.3 Å². The SMILES string of the molecule is Clc1nccc(-c2c[nH]c3c(Cl)nccc23)n1. The molecular formula is C11H6Cl2N4. The van der Waals surface area contributed by atoms with Gasteiger partial charge in [-0.15, -0.1) is 0 Å². The van der Waals surface area contributed by atoms with Crippen molar-refractivity contribution in [1.82, 2.24) is 19.9 Å². The van der Waals surface area contributed by atoms with Crippen molar-refractivity contribution in [3.63, 3.8) is 0 Å². The Morgan fingerprint density at radius 1 is 1.06 bits per heavy atom. The highest BCUT2D eigenvalue weighted by Gasteiger charge is 2.10. The molecule has 3 aromatic heterocycles. The van der Waals surface area contributed by atoms with Gasteiger partial charge in [-0.2, -0.15) is 0 Å². The Balaban J connectivity index is 2.28. The van der Waals surface area contributed by atoms with Crippen molar-refractivity contribution in [2.75, 3.05) is 0 Å². The van der Waals surface area contributed by atoms with Crippen LogP contribution < -0.4 is 0 Å². The van der Waals surface area contributed by atoms with Crippen LogP contribution in [0, 0.1) is 0 Å². The van der Waals surface area contributed by atoms with Crippen LogP contribution in [-0.2, 0) is 0 Å². The fourth-order valence-corrected chi connectivity index (χ4v) is 2.08. The Kier molecular flexibility index (Phi) is 2.46. The standard InChI is InChI=1S/C11H6Cl2N4/c12-10-9-6(1-3-14-10)7(5-16-9)8-2-4-15-11(13)17-8/h1-5,16H. The molecule has 0 aliphatic heterocycles. The van der Waals surface area contributed by atoms with Gasteiger partial charge in [-0.05, 0) is 23.7 Å². The molecule has 3 aromatic rings. The average molecular weight is 265 g/mol. The zero-order valence-corrected chi connectivity index (χ0v) is 10.00. The van der Waals surface area contributed by atoms with E-state index in [0.29, 0.717) is 5.15 Å². The number of fused-ring (bicyclic) bond motifs is 1. The number of halogens is 2. The van der Waals surface area contributed by atoms with E-state index in [0.717, 1.165) is 22.2 Å². The van der Waals surface area contributed by atoms with E-state index in [2.05, 4.69) is 19.9 Å². The summed E-state index contributed by atoms with van der Waals surface area (Å²) in [4.78, 5) is 15.1. The van der Waals surface area contributed by atoms with Crippen LogP contribution in [0.15, 0.2) is 30.7 Å². The molecule has 0 fully saturated rings. The van der Waals surface area contributed by atoms with Crippen LogP contribution in [0.1, 0.15) is 0 Å². The average Bonchev–Trinajstić information content (AvgIpc) is 2.74. The van der Waals surface area contributed by atoms with Gasteiger partial charge in [-0.1, -0.05) is 11.6 Å². The molecule has 1 N–H and O–H groups in total. The maximum atomic E-state index is 5.99. The third kappa shape index (κ3) is 1.75. The first-order chi connectivity index (χ1) is 8.25. The first kappa shape index (κ1) is 10.5. The zero-order chi connectivity index (χ0) is 11.8. The van der Waals surface area contributed by atoms with Gasteiger partial charge < -0.3 is 4.98 Å². The highest BCUT2D eigenvalue weighted by atomic mass is 35.5. The van der Waals surface area contributed by atoms with E-state index >= 15 is 0 Å². The lowest BCUT2D eigenvalue weighted by molar-refractivity contribution is 1.17. The highest BCUT2D eigenvalue weighted by molar-refractivity contribution is 6.34. The van der Waals surface area contributed by atoms with Crippen LogP contribution in [0.4, 0.5) is 0 Å². The van der Waals surface area contributed by atoms with Gasteiger partial charge in [-0.25, -0.2) is 15.0 Å². The van der Waals surface area contributed by atoms with Crippen molar-refractivity contribution in [3.8, 4) is 11.3 Å². The Morgan fingerprint density at radius 2 is 1.88 bits per heavy atom. The third-order valence-electron chi connectivity index (χ3n) is 2.46. The highest BCUT2D eigenvalue weighted by Crippen LogP contribution is 2.29. The molecular weight excluding hydrogens is 259 g/mol. The summed E-state index contributed by atoms with van der Waals surface area (Å²) < 4.78 is 0. The van der Waals surface area contributed by atoms with Crippen molar-refractivity contribution in [3.05, 3.63) is 41.2 Å². The first-order valence-electron chi connectivity index (χ1n) is 4.86. The molecule has 0 spiro atoms. The summed E-state index contributed by atoms with van der Waals surface area (Å²) in [6.45, 7) is 0. The smallest absolute Gasteiger partial charge is 0.222 e. The van der Waals surface area contributed by atoms with Crippen molar-refractivity contribution >= 4 is 34.1 Å². The van der Waals surface area contributed by atoms with Crippen molar-refractivity contribution in [1.29, 1.82) is 0 Å². The predicted octanol–water partition coefficient (Wildman–Crippen LogP) is 3.33. The lowest BCUT2D eigenvalue weighted by Crippen LogP contribution is -1.85. The molecule has 0 bridgehead atoms. The Morgan fingerprint density at radius 3 is 2.71 bits per heavy atom. The summed E-state index contributed by atoms with van der Waals surface area (Å²) >= 11 is 11.8. The number of rotatable bonds is 1.